The van der Waals surface area contributed by atoms with E-state index in [1.54, 1.807) is 0 Å². The van der Waals surface area contributed by atoms with E-state index >= 15 is 0 Å². The highest BCUT2D eigenvalue weighted by molar-refractivity contribution is 8.93. The SMILES string of the molecule is Br.CC(C)(C)[C@H]1C[C@@H](C[Si](C)(C)C)N1. The third-order valence-electron chi connectivity index (χ3n) is 2.86. The fourth-order valence-electron chi connectivity index (χ4n) is 2.03. The minimum absolute atomic E-state index is 0. The van der Waals surface area contributed by atoms with Crippen molar-refractivity contribution in [3.8, 4) is 0 Å². The third kappa shape index (κ3) is 4.45. The lowest BCUT2D eigenvalue weighted by atomic mass is 9.78. The lowest BCUT2D eigenvalue weighted by molar-refractivity contribution is 0.147. The number of halogens is 1. The molecule has 0 bridgehead atoms. The second kappa shape index (κ2) is 4.66. The first-order valence-electron chi connectivity index (χ1n) is 5.44. The molecule has 0 aromatic carbocycles. The lowest BCUT2D eigenvalue weighted by Crippen LogP contribution is -2.59. The number of rotatable bonds is 2. The fourth-order valence-corrected chi connectivity index (χ4v) is 3.79. The highest BCUT2D eigenvalue weighted by atomic mass is 79.9. The maximum atomic E-state index is 3.71. The maximum absolute atomic E-state index is 3.71. The van der Waals surface area contributed by atoms with Crippen LogP contribution in [0.3, 0.4) is 0 Å². The first kappa shape index (κ1) is 14.7. The van der Waals surface area contributed by atoms with Gasteiger partial charge in [0.25, 0.3) is 0 Å². The van der Waals surface area contributed by atoms with Crippen LogP contribution < -0.4 is 5.32 Å². The van der Waals surface area contributed by atoms with Gasteiger partial charge in [-0.05, 0) is 17.9 Å². The second-order valence-corrected chi connectivity index (χ2v) is 12.3. The molecular formula is C11H26BrNSi. The Hall–Kier alpha value is 0.657. The van der Waals surface area contributed by atoms with Crippen LogP contribution in [0, 0.1) is 5.41 Å². The average Bonchev–Trinajstić information content (AvgIpc) is 1.71. The van der Waals surface area contributed by atoms with Gasteiger partial charge in [0.2, 0.25) is 0 Å². The molecule has 1 fully saturated rings. The molecule has 1 saturated heterocycles. The number of hydrogen-bond donors (Lipinski definition) is 1. The second-order valence-electron chi connectivity index (χ2n) is 6.78. The standard InChI is InChI=1S/C11H25NSi.BrH/c1-11(2,3)10-7-9(12-10)8-13(4,5)6;/h9-10,12H,7-8H2,1-6H3;1H/t9-,10+;/m0./s1. The van der Waals surface area contributed by atoms with Crippen LogP contribution in [0.1, 0.15) is 27.2 Å². The van der Waals surface area contributed by atoms with Gasteiger partial charge in [0.05, 0.1) is 0 Å². The fraction of sp³-hybridized carbons (Fsp3) is 1.00. The maximum Gasteiger partial charge on any atom is 0.0458 e. The highest BCUT2D eigenvalue weighted by Crippen LogP contribution is 2.32. The van der Waals surface area contributed by atoms with E-state index in [0.717, 1.165) is 12.1 Å². The summed E-state index contributed by atoms with van der Waals surface area (Å²) in [5.41, 5.74) is 0.454. The summed E-state index contributed by atoms with van der Waals surface area (Å²) in [7, 11) is -0.841. The lowest BCUT2D eigenvalue weighted by Gasteiger charge is -2.47. The van der Waals surface area contributed by atoms with E-state index in [0.29, 0.717) is 5.41 Å². The largest absolute Gasteiger partial charge is 0.311 e. The Bertz CT molecular complexity index is 175. The van der Waals surface area contributed by atoms with Gasteiger partial charge >= 0.3 is 0 Å². The average molecular weight is 280 g/mol. The van der Waals surface area contributed by atoms with Crippen LogP contribution in [0.2, 0.25) is 25.7 Å². The molecule has 0 amide bonds. The molecule has 1 N–H and O–H groups in total. The van der Waals surface area contributed by atoms with E-state index in [9.17, 15) is 0 Å². The predicted molar refractivity (Wildman–Crippen MR) is 73.3 cm³/mol. The van der Waals surface area contributed by atoms with Gasteiger partial charge in [-0.25, -0.2) is 0 Å². The molecule has 0 aromatic heterocycles. The summed E-state index contributed by atoms with van der Waals surface area (Å²) < 4.78 is 0. The van der Waals surface area contributed by atoms with Crippen molar-refractivity contribution >= 4 is 25.1 Å². The van der Waals surface area contributed by atoms with Crippen LogP contribution in [0.5, 0.6) is 0 Å². The van der Waals surface area contributed by atoms with Crippen molar-refractivity contribution in [1.29, 1.82) is 0 Å². The van der Waals surface area contributed by atoms with Gasteiger partial charge in [-0.3, -0.25) is 0 Å². The van der Waals surface area contributed by atoms with E-state index in [4.69, 9.17) is 0 Å². The van der Waals surface area contributed by atoms with Crippen molar-refractivity contribution in [2.24, 2.45) is 5.41 Å². The minimum Gasteiger partial charge on any atom is -0.311 e. The summed E-state index contributed by atoms with van der Waals surface area (Å²) in [5, 5.41) is 3.71. The molecule has 0 spiro atoms. The zero-order valence-corrected chi connectivity index (χ0v) is 13.2. The summed E-state index contributed by atoms with van der Waals surface area (Å²) in [6, 6.07) is 3.03. The van der Waals surface area contributed by atoms with Gasteiger partial charge < -0.3 is 5.32 Å². The minimum atomic E-state index is -0.841. The van der Waals surface area contributed by atoms with Crippen molar-refractivity contribution in [3.05, 3.63) is 0 Å². The molecule has 1 nitrogen and oxygen atoms in total. The highest BCUT2D eigenvalue weighted by Gasteiger charge is 2.37. The van der Waals surface area contributed by atoms with Crippen LogP contribution in [-0.4, -0.2) is 20.2 Å². The molecule has 1 heterocycles. The molecule has 0 aliphatic carbocycles. The Labute approximate surface area is 101 Å². The van der Waals surface area contributed by atoms with Crippen molar-refractivity contribution < 1.29 is 0 Å². The van der Waals surface area contributed by atoms with Gasteiger partial charge in [-0.2, -0.15) is 0 Å². The number of nitrogens with one attached hydrogen (secondary N) is 1. The zero-order valence-electron chi connectivity index (χ0n) is 10.5. The van der Waals surface area contributed by atoms with Crippen LogP contribution in [0.25, 0.3) is 0 Å². The Morgan fingerprint density at radius 3 is 1.93 bits per heavy atom. The molecule has 0 unspecified atom stereocenters. The smallest absolute Gasteiger partial charge is 0.0458 e. The molecule has 0 radical (unpaired) electrons. The first-order chi connectivity index (χ1) is 5.68. The van der Waals surface area contributed by atoms with Gasteiger partial charge in [0, 0.05) is 20.2 Å². The summed E-state index contributed by atoms with van der Waals surface area (Å²) in [6.45, 7) is 14.4. The van der Waals surface area contributed by atoms with E-state index in [2.05, 4.69) is 45.7 Å². The van der Waals surface area contributed by atoms with Gasteiger partial charge in [0.1, 0.15) is 0 Å². The molecule has 86 valence electrons. The summed E-state index contributed by atoms with van der Waals surface area (Å²) in [5.74, 6) is 0. The van der Waals surface area contributed by atoms with Crippen molar-refractivity contribution in [2.45, 2.75) is 65.0 Å². The van der Waals surface area contributed by atoms with Crippen LogP contribution >= 0.6 is 17.0 Å². The molecule has 3 heteroatoms. The number of hydrogen-bond acceptors (Lipinski definition) is 1. The van der Waals surface area contributed by atoms with Crippen molar-refractivity contribution in [1.82, 2.24) is 5.32 Å². The molecule has 1 rings (SSSR count). The Morgan fingerprint density at radius 2 is 1.64 bits per heavy atom. The van der Waals surface area contributed by atoms with E-state index in [1.165, 1.54) is 12.5 Å². The van der Waals surface area contributed by atoms with Crippen molar-refractivity contribution in [3.63, 3.8) is 0 Å². The van der Waals surface area contributed by atoms with Crippen LogP contribution in [0.4, 0.5) is 0 Å². The quantitative estimate of drug-likeness (QED) is 0.761. The summed E-state index contributed by atoms with van der Waals surface area (Å²) >= 11 is 0. The molecular weight excluding hydrogens is 254 g/mol. The van der Waals surface area contributed by atoms with Gasteiger partial charge in [0.15, 0.2) is 0 Å². The van der Waals surface area contributed by atoms with Crippen LogP contribution in [-0.2, 0) is 0 Å². The molecule has 2 atom stereocenters. The van der Waals surface area contributed by atoms with E-state index < -0.39 is 8.07 Å². The Kier molecular flexibility index (Phi) is 4.88. The van der Waals surface area contributed by atoms with Crippen molar-refractivity contribution in [2.75, 3.05) is 0 Å². The zero-order chi connectivity index (χ0) is 10.3. The summed E-state index contributed by atoms with van der Waals surface area (Å²) in [6.07, 6.45) is 1.40. The predicted octanol–water partition coefficient (Wildman–Crippen LogP) is 3.68. The monoisotopic (exact) mass is 279 g/mol. The van der Waals surface area contributed by atoms with Gasteiger partial charge in [-0.15, -0.1) is 17.0 Å². The molecule has 1 aliphatic heterocycles. The molecule has 14 heavy (non-hydrogen) atoms. The first-order valence-corrected chi connectivity index (χ1v) is 9.15. The normalized spacial score (nSPS) is 27.9. The Morgan fingerprint density at radius 1 is 1.21 bits per heavy atom. The van der Waals surface area contributed by atoms with Crippen LogP contribution in [0.15, 0.2) is 0 Å². The Balaban J connectivity index is 0.00000169. The van der Waals surface area contributed by atoms with E-state index in [-0.39, 0.29) is 17.0 Å². The third-order valence-corrected chi connectivity index (χ3v) is 4.58. The molecule has 1 aliphatic rings. The topological polar surface area (TPSA) is 12.0 Å². The van der Waals surface area contributed by atoms with E-state index in [1.807, 2.05) is 0 Å². The molecule has 0 saturated carbocycles. The molecule has 0 aromatic rings. The summed E-state index contributed by atoms with van der Waals surface area (Å²) in [4.78, 5) is 0. The van der Waals surface area contributed by atoms with Gasteiger partial charge in [-0.1, -0.05) is 40.4 Å².